The molecule has 0 radical (unpaired) electrons. The third-order valence-electron chi connectivity index (χ3n) is 3.09. The molecule has 4 nitrogen and oxygen atoms in total. The number of nitrogens with zero attached hydrogens (tertiary/aromatic N) is 1. The van der Waals surface area contributed by atoms with Crippen molar-refractivity contribution in [2.45, 2.75) is 4.90 Å². The highest BCUT2D eigenvalue weighted by atomic mass is 35.5. The summed E-state index contributed by atoms with van der Waals surface area (Å²) in [6.45, 7) is 0. The molecule has 0 aliphatic carbocycles. The Labute approximate surface area is 160 Å². The molecule has 0 spiro atoms. The summed E-state index contributed by atoms with van der Waals surface area (Å²) in [5.74, 6) is -0.305. The number of halogens is 2. The SMILES string of the molecule is CN(C)C(=O)Sc1ccc(NC(=O)/C=C/c2c(Cl)cccc2Cl)cc1. The van der Waals surface area contributed by atoms with Gasteiger partial charge in [-0.15, -0.1) is 0 Å². The number of carbonyl (C=O) groups excluding carboxylic acids is 2. The van der Waals surface area contributed by atoms with Gasteiger partial charge in [-0.25, -0.2) is 0 Å². The van der Waals surface area contributed by atoms with Crippen molar-refractivity contribution in [2.75, 3.05) is 19.4 Å². The van der Waals surface area contributed by atoms with Crippen LogP contribution in [-0.2, 0) is 4.79 Å². The number of amides is 2. The largest absolute Gasteiger partial charge is 0.339 e. The van der Waals surface area contributed by atoms with Crippen LogP contribution in [0, 0.1) is 0 Å². The van der Waals surface area contributed by atoms with Gasteiger partial charge >= 0.3 is 0 Å². The summed E-state index contributed by atoms with van der Waals surface area (Å²) < 4.78 is 0. The predicted octanol–water partition coefficient (Wildman–Crippen LogP) is 5.42. The summed E-state index contributed by atoms with van der Waals surface area (Å²) >= 11 is 13.2. The van der Waals surface area contributed by atoms with Gasteiger partial charge in [0.1, 0.15) is 0 Å². The van der Waals surface area contributed by atoms with Crippen LogP contribution in [0.15, 0.2) is 53.4 Å². The zero-order valence-electron chi connectivity index (χ0n) is 13.6. The van der Waals surface area contributed by atoms with Crippen molar-refractivity contribution < 1.29 is 9.59 Å². The minimum atomic E-state index is -0.305. The molecular weight excluding hydrogens is 379 g/mol. The Morgan fingerprint density at radius 3 is 2.20 bits per heavy atom. The average Bonchev–Trinajstić information content (AvgIpc) is 2.56. The molecule has 2 aromatic rings. The van der Waals surface area contributed by atoms with Gasteiger partial charge in [0.25, 0.3) is 5.24 Å². The van der Waals surface area contributed by atoms with Crippen LogP contribution in [0.3, 0.4) is 0 Å². The summed E-state index contributed by atoms with van der Waals surface area (Å²) in [6.07, 6.45) is 2.94. The molecule has 0 saturated carbocycles. The normalized spacial score (nSPS) is 10.7. The molecule has 2 aromatic carbocycles. The average molecular weight is 395 g/mol. The first kappa shape index (κ1) is 19.4. The van der Waals surface area contributed by atoms with Crippen LogP contribution in [0.25, 0.3) is 6.08 Å². The minimum absolute atomic E-state index is 0.0589. The number of nitrogens with one attached hydrogen (secondary N) is 1. The number of benzene rings is 2. The van der Waals surface area contributed by atoms with Crippen LogP contribution < -0.4 is 5.32 Å². The molecule has 0 atom stereocenters. The van der Waals surface area contributed by atoms with E-state index in [0.29, 0.717) is 21.3 Å². The maximum Gasteiger partial charge on any atom is 0.285 e. The fourth-order valence-corrected chi connectivity index (χ4v) is 2.99. The third kappa shape index (κ3) is 5.81. The number of hydrogen-bond acceptors (Lipinski definition) is 3. The third-order valence-corrected chi connectivity index (χ3v) is 4.80. The summed E-state index contributed by atoms with van der Waals surface area (Å²) in [6, 6.07) is 12.2. The second-order valence-electron chi connectivity index (χ2n) is 5.24. The van der Waals surface area contributed by atoms with Crippen molar-refractivity contribution in [1.29, 1.82) is 0 Å². The van der Waals surface area contributed by atoms with Gasteiger partial charge in [-0.1, -0.05) is 29.3 Å². The molecule has 7 heteroatoms. The van der Waals surface area contributed by atoms with Crippen LogP contribution in [0.1, 0.15) is 5.56 Å². The van der Waals surface area contributed by atoms with Gasteiger partial charge in [0.05, 0.1) is 0 Å². The Kier molecular flexibility index (Phi) is 6.93. The number of carbonyl (C=O) groups is 2. The summed E-state index contributed by atoms with van der Waals surface area (Å²) in [7, 11) is 3.39. The van der Waals surface area contributed by atoms with E-state index in [1.165, 1.54) is 11.0 Å². The van der Waals surface area contributed by atoms with Gasteiger partial charge in [-0.05, 0) is 54.2 Å². The van der Waals surface area contributed by atoms with Gasteiger partial charge in [0, 0.05) is 46.4 Å². The van der Waals surface area contributed by atoms with Gasteiger partial charge < -0.3 is 10.2 Å². The Balaban J connectivity index is 1.99. The minimum Gasteiger partial charge on any atom is -0.339 e. The highest BCUT2D eigenvalue weighted by molar-refractivity contribution is 8.13. The second kappa shape index (κ2) is 8.94. The number of anilines is 1. The quantitative estimate of drug-likeness (QED) is 0.556. The molecule has 2 rings (SSSR count). The van der Waals surface area contributed by atoms with Crippen molar-refractivity contribution >= 4 is 57.9 Å². The molecule has 0 aliphatic rings. The lowest BCUT2D eigenvalue weighted by molar-refractivity contribution is -0.111. The molecule has 0 saturated heterocycles. The lowest BCUT2D eigenvalue weighted by Gasteiger charge is -2.09. The maximum absolute atomic E-state index is 12.0. The van der Waals surface area contributed by atoms with Crippen LogP contribution in [0.2, 0.25) is 10.0 Å². The lowest BCUT2D eigenvalue weighted by atomic mass is 10.2. The first-order chi connectivity index (χ1) is 11.9. The molecule has 1 N–H and O–H groups in total. The Morgan fingerprint density at radius 1 is 1.04 bits per heavy atom. The van der Waals surface area contributed by atoms with Gasteiger partial charge in [0.2, 0.25) is 5.91 Å². The van der Waals surface area contributed by atoms with E-state index in [9.17, 15) is 9.59 Å². The van der Waals surface area contributed by atoms with E-state index in [1.807, 2.05) is 0 Å². The van der Waals surface area contributed by atoms with Gasteiger partial charge in [0.15, 0.2) is 0 Å². The second-order valence-corrected chi connectivity index (χ2v) is 7.08. The van der Waals surface area contributed by atoms with Crippen LogP contribution in [0.4, 0.5) is 10.5 Å². The van der Waals surface area contributed by atoms with Crippen molar-refractivity contribution in [3.63, 3.8) is 0 Å². The van der Waals surface area contributed by atoms with E-state index in [1.54, 1.807) is 62.6 Å². The van der Waals surface area contributed by atoms with Crippen LogP contribution in [0.5, 0.6) is 0 Å². The molecule has 130 valence electrons. The molecule has 0 aliphatic heterocycles. The smallest absolute Gasteiger partial charge is 0.285 e. The first-order valence-electron chi connectivity index (χ1n) is 7.29. The molecule has 0 heterocycles. The topological polar surface area (TPSA) is 49.4 Å². The van der Waals surface area contributed by atoms with Gasteiger partial charge in [-0.2, -0.15) is 0 Å². The standard InChI is InChI=1S/C18H16Cl2N2O2S/c1-22(2)18(24)25-13-8-6-12(7-9-13)21-17(23)11-10-14-15(19)4-3-5-16(14)20/h3-11H,1-2H3,(H,21,23)/b11-10+. The van der Waals surface area contributed by atoms with Crippen LogP contribution >= 0.6 is 35.0 Å². The van der Waals surface area contributed by atoms with Crippen molar-refractivity contribution in [3.05, 3.63) is 64.1 Å². The lowest BCUT2D eigenvalue weighted by Crippen LogP contribution is -2.16. The van der Waals surface area contributed by atoms with Crippen molar-refractivity contribution in [1.82, 2.24) is 4.90 Å². The molecule has 0 aromatic heterocycles. The van der Waals surface area contributed by atoms with Crippen molar-refractivity contribution in [3.8, 4) is 0 Å². The van der Waals surface area contributed by atoms with Crippen LogP contribution in [-0.4, -0.2) is 30.1 Å². The molecule has 0 fully saturated rings. The zero-order chi connectivity index (χ0) is 18.4. The molecule has 25 heavy (non-hydrogen) atoms. The molecule has 0 unspecified atom stereocenters. The monoisotopic (exact) mass is 394 g/mol. The van der Waals surface area contributed by atoms with E-state index >= 15 is 0 Å². The van der Waals surface area contributed by atoms with E-state index in [2.05, 4.69) is 5.32 Å². The first-order valence-corrected chi connectivity index (χ1v) is 8.86. The fraction of sp³-hybridized carbons (Fsp3) is 0.111. The Hall–Kier alpha value is -1.95. The summed E-state index contributed by atoms with van der Waals surface area (Å²) in [5.41, 5.74) is 1.22. The van der Waals surface area contributed by atoms with E-state index in [4.69, 9.17) is 23.2 Å². The number of thioether (sulfide) groups is 1. The Morgan fingerprint density at radius 2 is 1.64 bits per heavy atom. The highest BCUT2D eigenvalue weighted by Gasteiger charge is 2.07. The highest BCUT2D eigenvalue weighted by Crippen LogP contribution is 2.25. The van der Waals surface area contributed by atoms with E-state index in [0.717, 1.165) is 16.7 Å². The number of rotatable bonds is 4. The van der Waals surface area contributed by atoms with E-state index < -0.39 is 0 Å². The zero-order valence-corrected chi connectivity index (χ0v) is 16.0. The maximum atomic E-state index is 12.0. The predicted molar refractivity (Wildman–Crippen MR) is 106 cm³/mol. The Bertz CT molecular complexity index is 785. The molecule has 2 amide bonds. The van der Waals surface area contributed by atoms with E-state index in [-0.39, 0.29) is 11.1 Å². The summed E-state index contributed by atoms with van der Waals surface area (Å²) in [5, 5.41) is 3.63. The summed E-state index contributed by atoms with van der Waals surface area (Å²) in [4.78, 5) is 26.0. The molecular formula is C18H16Cl2N2O2S. The fourth-order valence-electron chi connectivity index (χ4n) is 1.81. The molecule has 0 bridgehead atoms. The van der Waals surface area contributed by atoms with Crippen molar-refractivity contribution in [2.24, 2.45) is 0 Å². The van der Waals surface area contributed by atoms with Gasteiger partial charge in [-0.3, -0.25) is 9.59 Å². The number of hydrogen-bond donors (Lipinski definition) is 1.